The van der Waals surface area contributed by atoms with Gasteiger partial charge in [-0.2, -0.15) is 5.10 Å². The predicted molar refractivity (Wildman–Crippen MR) is 58.2 cm³/mol. The Bertz CT molecular complexity index is 480. The van der Waals surface area contributed by atoms with Crippen molar-refractivity contribution in [1.29, 1.82) is 0 Å². The highest BCUT2D eigenvalue weighted by Gasteiger charge is 2.05. The summed E-state index contributed by atoms with van der Waals surface area (Å²) < 4.78 is 7.13. The van der Waals surface area contributed by atoms with Crippen molar-refractivity contribution in [2.24, 2.45) is 7.05 Å². The number of nitrogens with zero attached hydrogens (tertiary/aromatic N) is 3. The summed E-state index contributed by atoms with van der Waals surface area (Å²) in [5.74, 6) is 1.07. The van der Waals surface area contributed by atoms with Gasteiger partial charge in [0, 0.05) is 19.3 Å². The average Bonchev–Trinajstić information content (AvgIpc) is 2.64. The Labute approximate surface area is 93.3 Å². The van der Waals surface area contributed by atoms with Crippen LogP contribution in [0.5, 0.6) is 11.6 Å². The van der Waals surface area contributed by atoms with E-state index in [0.29, 0.717) is 11.6 Å². The van der Waals surface area contributed by atoms with Gasteiger partial charge in [-0.1, -0.05) is 0 Å². The van der Waals surface area contributed by atoms with Crippen molar-refractivity contribution in [3.05, 3.63) is 36.3 Å². The highest BCUT2D eigenvalue weighted by atomic mass is 16.5. The Morgan fingerprint density at radius 2 is 2.31 bits per heavy atom. The van der Waals surface area contributed by atoms with Gasteiger partial charge in [0.2, 0.25) is 5.88 Å². The molecular weight excluding hydrogens is 206 g/mol. The Morgan fingerprint density at radius 1 is 1.50 bits per heavy atom. The molecule has 1 atom stereocenters. The summed E-state index contributed by atoms with van der Waals surface area (Å²) in [6, 6.07) is 3.46. The Morgan fingerprint density at radius 3 is 2.94 bits per heavy atom. The molecule has 0 fully saturated rings. The van der Waals surface area contributed by atoms with Gasteiger partial charge in [-0.05, 0) is 18.6 Å². The van der Waals surface area contributed by atoms with Gasteiger partial charge in [0.15, 0.2) is 5.75 Å². The minimum Gasteiger partial charge on any atom is -0.436 e. The number of ether oxygens (including phenoxy) is 1. The largest absolute Gasteiger partial charge is 0.436 e. The summed E-state index contributed by atoms with van der Waals surface area (Å²) >= 11 is 0. The van der Waals surface area contributed by atoms with Crippen LogP contribution in [0.4, 0.5) is 0 Å². The normalized spacial score (nSPS) is 12.4. The molecule has 0 saturated carbocycles. The first-order valence-electron chi connectivity index (χ1n) is 4.95. The summed E-state index contributed by atoms with van der Waals surface area (Å²) in [6.07, 6.45) is 4.43. The number of aliphatic hydroxyl groups is 1. The van der Waals surface area contributed by atoms with Crippen LogP contribution >= 0.6 is 0 Å². The van der Waals surface area contributed by atoms with Gasteiger partial charge in [-0.15, -0.1) is 0 Å². The lowest BCUT2D eigenvalue weighted by molar-refractivity contribution is 0.198. The number of aryl methyl sites for hydroxylation is 1. The predicted octanol–water partition coefficient (Wildman–Crippen LogP) is 1.66. The summed E-state index contributed by atoms with van der Waals surface area (Å²) in [5.41, 5.74) is 0.772. The number of aromatic nitrogens is 3. The molecule has 0 aliphatic rings. The van der Waals surface area contributed by atoms with E-state index in [1.54, 1.807) is 42.3 Å². The third-order valence-corrected chi connectivity index (χ3v) is 2.14. The zero-order valence-electron chi connectivity index (χ0n) is 9.16. The average molecular weight is 219 g/mol. The lowest BCUT2D eigenvalue weighted by atomic mass is 10.2. The minimum atomic E-state index is -0.528. The summed E-state index contributed by atoms with van der Waals surface area (Å²) in [6.45, 7) is 1.70. The molecular formula is C11H13N3O2. The van der Waals surface area contributed by atoms with Crippen LogP contribution in [-0.2, 0) is 7.05 Å². The maximum Gasteiger partial charge on any atom is 0.219 e. The smallest absolute Gasteiger partial charge is 0.219 e. The zero-order chi connectivity index (χ0) is 11.5. The fourth-order valence-corrected chi connectivity index (χ4v) is 1.31. The summed E-state index contributed by atoms with van der Waals surface area (Å²) in [5, 5.41) is 13.4. The lowest BCUT2D eigenvalue weighted by Gasteiger charge is -2.06. The molecule has 0 aliphatic heterocycles. The van der Waals surface area contributed by atoms with Crippen molar-refractivity contribution in [2.45, 2.75) is 13.0 Å². The first-order valence-corrected chi connectivity index (χ1v) is 4.95. The lowest BCUT2D eigenvalue weighted by Crippen LogP contribution is -1.93. The fourth-order valence-electron chi connectivity index (χ4n) is 1.31. The second kappa shape index (κ2) is 4.32. The van der Waals surface area contributed by atoms with Crippen LogP contribution in [0.2, 0.25) is 0 Å². The van der Waals surface area contributed by atoms with Crippen molar-refractivity contribution in [1.82, 2.24) is 14.8 Å². The second-order valence-electron chi connectivity index (χ2n) is 3.56. The molecule has 0 spiro atoms. The topological polar surface area (TPSA) is 60.2 Å². The van der Waals surface area contributed by atoms with E-state index in [1.165, 1.54) is 0 Å². The van der Waals surface area contributed by atoms with E-state index in [9.17, 15) is 5.11 Å². The van der Waals surface area contributed by atoms with Crippen molar-refractivity contribution < 1.29 is 9.84 Å². The molecule has 0 bridgehead atoms. The van der Waals surface area contributed by atoms with Crippen molar-refractivity contribution >= 4 is 0 Å². The van der Waals surface area contributed by atoms with Gasteiger partial charge < -0.3 is 9.84 Å². The van der Waals surface area contributed by atoms with Crippen molar-refractivity contribution in [2.75, 3.05) is 0 Å². The van der Waals surface area contributed by atoms with E-state index < -0.39 is 6.10 Å². The quantitative estimate of drug-likeness (QED) is 0.852. The second-order valence-corrected chi connectivity index (χ2v) is 3.56. The Hall–Kier alpha value is -1.88. The maximum atomic E-state index is 9.42. The van der Waals surface area contributed by atoms with Gasteiger partial charge in [-0.25, -0.2) is 4.98 Å². The molecule has 5 heteroatoms. The maximum absolute atomic E-state index is 9.42. The molecule has 0 aliphatic carbocycles. The molecule has 84 valence electrons. The fraction of sp³-hybridized carbons (Fsp3) is 0.273. The summed E-state index contributed by atoms with van der Waals surface area (Å²) in [4.78, 5) is 4.06. The summed E-state index contributed by atoms with van der Waals surface area (Å²) in [7, 11) is 1.81. The molecule has 0 aromatic carbocycles. The van der Waals surface area contributed by atoms with Gasteiger partial charge in [0.1, 0.15) is 0 Å². The first kappa shape index (κ1) is 10.6. The molecule has 2 rings (SSSR count). The number of pyridine rings is 1. The van der Waals surface area contributed by atoms with Crippen molar-refractivity contribution in [3.63, 3.8) is 0 Å². The van der Waals surface area contributed by atoms with E-state index in [1.807, 2.05) is 7.05 Å². The number of hydrogen-bond donors (Lipinski definition) is 1. The molecule has 2 aromatic rings. The monoisotopic (exact) mass is 219 g/mol. The number of rotatable bonds is 3. The van der Waals surface area contributed by atoms with Crippen LogP contribution in [0.1, 0.15) is 18.6 Å². The van der Waals surface area contributed by atoms with Crippen LogP contribution < -0.4 is 4.74 Å². The number of hydrogen-bond acceptors (Lipinski definition) is 4. The van der Waals surface area contributed by atoms with E-state index >= 15 is 0 Å². The third-order valence-electron chi connectivity index (χ3n) is 2.14. The van der Waals surface area contributed by atoms with Gasteiger partial charge in [-0.3, -0.25) is 4.68 Å². The molecule has 16 heavy (non-hydrogen) atoms. The molecule has 2 heterocycles. The van der Waals surface area contributed by atoms with Crippen LogP contribution in [0, 0.1) is 0 Å². The van der Waals surface area contributed by atoms with E-state index in [-0.39, 0.29) is 0 Å². The van der Waals surface area contributed by atoms with Gasteiger partial charge in [0.25, 0.3) is 0 Å². The van der Waals surface area contributed by atoms with Gasteiger partial charge in [0.05, 0.1) is 18.5 Å². The Kier molecular flexibility index (Phi) is 2.87. The Balaban J connectivity index is 2.18. The van der Waals surface area contributed by atoms with Gasteiger partial charge >= 0.3 is 0 Å². The third kappa shape index (κ3) is 2.38. The highest BCUT2D eigenvalue weighted by Crippen LogP contribution is 2.21. The molecule has 2 aromatic heterocycles. The number of aliphatic hydroxyl groups excluding tert-OH is 1. The highest BCUT2D eigenvalue weighted by molar-refractivity contribution is 5.26. The van der Waals surface area contributed by atoms with Crippen LogP contribution in [0.3, 0.4) is 0 Å². The molecule has 1 N–H and O–H groups in total. The van der Waals surface area contributed by atoms with Crippen LogP contribution in [0.15, 0.2) is 30.7 Å². The first-order chi connectivity index (χ1) is 7.65. The molecule has 0 amide bonds. The van der Waals surface area contributed by atoms with Crippen molar-refractivity contribution in [3.8, 4) is 11.6 Å². The zero-order valence-corrected chi connectivity index (χ0v) is 9.16. The molecule has 0 unspecified atom stereocenters. The standard InChI is InChI=1S/C11H13N3O2/c1-8(15)9-3-4-12-11(5-9)16-10-6-13-14(2)7-10/h3-8,15H,1-2H3/t8-/m1/s1. The SMILES string of the molecule is C[C@@H](O)c1ccnc(Oc2cnn(C)c2)c1. The minimum absolute atomic E-state index is 0.450. The molecule has 5 nitrogen and oxygen atoms in total. The molecule has 0 radical (unpaired) electrons. The van der Waals surface area contributed by atoms with Crippen LogP contribution in [0.25, 0.3) is 0 Å². The molecule has 0 saturated heterocycles. The van der Waals surface area contributed by atoms with E-state index in [4.69, 9.17) is 4.74 Å². The van der Waals surface area contributed by atoms with Crippen LogP contribution in [-0.4, -0.2) is 19.9 Å². The van der Waals surface area contributed by atoms with E-state index in [2.05, 4.69) is 10.1 Å². The van der Waals surface area contributed by atoms with E-state index in [0.717, 1.165) is 5.56 Å².